The van der Waals surface area contributed by atoms with E-state index in [0.717, 1.165) is 10.8 Å². The van der Waals surface area contributed by atoms with Crippen LogP contribution in [-0.2, 0) is 0 Å². The van der Waals surface area contributed by atoms with Gasteiger partial charge in [0.25, 0.3) is 0 Å². The van der Waals surface area contributed by atoms with Gasteiger partial charge in [0.1, 0.15) is 0 Å². The van der Waals surface area contributed by atoms with Crippen LogP contribution in [0.1, 0.15) is 1.37 Å². The van der Waals surface area contributed by atoms with Crippen LogP contribution in [0.3, 0.4) is 0 Å². The van der Waals surface area contributed by atoms with E-state index in [-0.39, 0.29) is 0 Å². The Morgan fingerprint density at radius 1 is 1.09 bits per heavy atom. The van der Waals surface area contributed by atoms with Gasteiger partial charge in [-0.2, -0.15) is 0 Å². The van der Waals surface area contributed by atoms with Crippen molar-refractivity contribution >= 4 is 22.4 Å². The fraction of sp³-hybridized carbons (Fsp3) is 0. The molecule has 2 aromatic carbocycles. The molecule has 2 aromatic rings. The van der Waals surface area contributed by atoms with E-state index in [1.165, 1.54) is 0 Å². The van der Waals surface area contributed by atoms with Gasteiger partial charge in [0.2, 0.25) is 0 Å². The minimum atomic E-state index is 0.484. The fourth-order valence-corrected chi connectivity index (χ4v) is 1.35. The molecule has 0 aliphatic rings. The SMILES string of the molecule is [2H]c1cccc2cccc(Cl)c12. The van der Waals surface area contributed by atoms with E-state index < -0.39 is 0 Å². The first-order valence-corrected chi connectivity index (χ1v) is 3.80. The average Bonchev–Trinajstić information content (AvgIpc) is 2.04. The van der Waals surface area contributed by atoms with E-state index in [2.05, 4.69) is 0 Å². The third kappa shape index (κ3) is 1.10. The highest BCUT2D eigenvalue weighted by Gasteiger charge is 1.93. The lowest BCUT2D eigenvalue weighted by molar-refractivity contribution is 1.75. The van der Waals surface area contributed by atoms with Gasteiger partial charge >= 0.3 is 0 Å². The highest BCUT2D eigenvalue weighted by Crippen LogP contribution is 2.21. The number of halogens is 1. The van der Waals surface area contributed by atoms with Crippen molar-refractivity contribution < 1.29 is 1.37 Å². The predicted octanol–water partition coefficient (Wildman–Crippen LogP) is 3.49. The fourth-order valence-electron chi connectivity index (χ4n) is 1.12. The molecular formula is C10H7Cl. The molecule has 11 heavy (non-hydrogen) atoms. The van der Waals surface area contributed by atoms with Crippen LogP contribution in [0.15, 0.2) is 42.4 Å². The van der Waals surface area contributed by atoms with Crippen LogP contribution in [-0.4, -0.2) is 0 Å². The Morgan fingerprint density at radius 2 is 1.91 bits per heavy atom. The molecule has 0 amide bonds. The summed E-state index contributed by atoms with van der Waals surface area (Å²) < 4.78 is 7.62. The normalized spacial score (nSPS) is 11.5. The molecule has 54 valence electrons. The summed E-state index contributed by atoms with van der Waals surface area (Å²) in [4.78, 5) is 0. The van der Waals surface area contributed by atoms with Crippen LogP contribution in [0.25, 0.3) is 10.8 Å². The molecule has 0 fully saturated rings. The molecule has 0 spiro atoms. The minimum absolute atomic E-state index is 0.484. The predicted molar refractivity (Wildman–Crippen MR) is 49.0 cm³/mol. The van der Waals surface area contributed by atoms with Crippen LogP contribution >= 0.6 is 11.6 Å². The van der Waals surface area contributed by atoms with Gasteiger partial charge in [-0.05, 0) is 11.5 Å². The Morgan fingerprint density at radius 3 is 2.73 bits per heavy atom. The smallest absolute Gasteiger partial charge is 0.0630 e. The molecule has 0 heterocycles. The third-order valence-electron chi connectivity index (χ3n) is 1.65. The van der Waals surface area contributed by atoms with Crippen LogP contribution in [0, 0.1) is 0 Å². The molecule has 0 aliphatic heterocycles. The van der Waals surface area contributed by atoms with Gasteiger partial charge < -0.3 is 0 Å². The molecule has 0 saturated heterocycles. The van der Waals surface area contributed by atoms with E-state index in [1.807, 2.05) is 30.3 Å². The van der Waals surface area contributed by atoms with E-state index >= 15 is 0 Å². The number of rotatable bonds is 0. The summed E-state index contributed by atoms with van der Waals surface area (Å²) in [5, 5.41) is 2.51. The molecule has 0 saturated carbocycles. The van der Waals surface area contributed by atoms with E-state index in [4.69, 9.17) is 13.0 Å². The lowest BCUT2D eigenvalue weighted by atomic mass is 10.1. The molecule has 0 unspecified atom stereocenters. The van der Waals surface area contributed by atoms with Crippen molar-refractivity contribution in [3.05, 3.63) is 47.5 Å². The zero-order valence-electron chi connectivity index (χ0n) is 6.84. The zero-order valence-corrected chi connectivity index (χ0v) is 6.60. The van der Waals surface area contributed by atoms with Crippen molar-refractivity contribution in [2.24, 2.45) is 0 Å². The van der Waals surface area contributed by atoms with Crippen molar-refractivity contribution in [2.45, 2.75) is 0 Å². The average molecular weight is 164 g/mol. The van der Waals surface area contributed by atoms with E-state index in [1.54, 1.807) is 6.07 Å². The maximum atomic E-state index is 7.62. The highest BCUT2D eigenvalue weighted by atomic mass is 35.5. The summed E-state index contributed by atoms with van der Waals surface area (Å²) in [6.07, 6.45) is 0. The van der Waals surface area contributed by atoms with E-state index in [0.29, 0.717) is 11.1 Å². The topological polar surface area (TPSA) is 0 Å². The molecule has 0 atom stereocenters. The Balaban J connectivity index is 2.96. The monoisotopic (exact) mass is 163 g/mol. The number of fused-ring (bicyclic) bond motifs is 1. The quantitative estimate of drug-likeness (QED) is 0.558. The lowest BCUT2D eigenvalue weighted by Crippen LogP contribution is -1.70. The van der Waals surface area contributed by atoms with Crippen molar-refractivity contribution in [2.75, 3.05) is 0 Å². The van der Waals surface area contributed by atoms with Crippen LogP contribution < -0.4 is 0 Å². The molecule has 1 heteroatoms. The summed E-state index contributed by atoms with van der Waals surface area (Å²) in [5.74, 6) is 0. The molecule has 2 rings (SSSR count). The Hall–Kier alpha value is -1.01. The minimum Gasteiger partial charge on any atom is -0.0837 e. The van der Waals surface area contributed by atoms with Crippen molar-refractivity contribution in [3.8, 4) is 0 Å². The van der Waals surface area contributed by atoms with Gasteiger partial charge in [0.15, 0.2) is 0 Å². The van der Waals surface area contributed by atoms with Gasteiger partial charge in [-0.15, -0.1) is 0 Å². The summed E-state index contributed by atoms with van der Waals surface area (Å²) in [5.41, 5.74) is 0. The molecule has 0 radical (unpaired) electrons. The second-order valence-electron chi connectivity index (χ2n) is 2.37. The second kappa shape index (κ2) is 2.55. The van der Waals surface area contributed by atoms with E-state index in [9.17, 15) is 0 Å². The summed E-state index contributed by atoms with van der Waals surface area (Å²) in [7, 11) is 0. The molecule has 0 nitrogen and oxygen atoms in total. The summed E-state index contributed by atoms with van der Waals surface area (Å²) in [6.45, 7) is 0. The molecule has 0 bridgehead atoms. The van der Waals surface area contributed by atoms with Crippen molar-refractivity contribution in [3.63, 3.8) is 0 Å². The molecule has 0 aromatic heterocycles. The van der Waals surface area contributed by atoms with Crippen molar-refractivity contribution in [1.29, 1.82) is 0 Å². The first-order valence-electron chi connectivity index (χ1n) is 3.93. The van der Waals surface area contributed by atoms with Crippen molar-refractivity contribution in [1.82, 2.24) is 0 Å². The standard InChI is InChI=1S/C10H7Cl/c11-10-7-3-5-8-4-1-2-6-9(8)10/h1-7H/i6D. The molecular weight excluding hydrogens is 156 g/mol. The first kappa shape index (κ1) is 5.62. The third-order valence-corrected chi connectivity index (χ3v) is 1.96. The van der Waals surface area contributed by atoms with Gasteiger partial charge in [-0.1, -0.05) is 48.0 Å². The summed E-state index contributed by atoms with van der Waals surface area (Å²) >= 11 is 5.94. The largest absolute Gasteiger partial charge is 0.0837 e. The second-order valence-corrected chi connectivity index (χ2v) is 2.78. The van der Waals surface area contributed by atoms with Gasteiger partial charge in [-0.25, -0.2) is 0 Å². The van der Waals surface area contributed by atoms with Crippen LogP contribution in [0.4, 0.5) is 0 Å². The van der Waals surface area contributed by atoms with Crippen LogP contribution in [0.5, 0.6) is 0 Å². The van der Waals surface area contributed by atoms with Gasteiger partial charge in [0, 0.05) is 10.4 Å². The molecule has 0 aliphatic carbocycles. The Kier molecular flexibility index (Phi) is 1.30. The maximum Gasteiger partial charge on any atom is 0.0630 e. The Bertz CT molecular complexity index is 386. The number of benzene rings is 2. The van der Waals surface area contributed by atoms with Crippen LogP contribution in [0.2, 0.25) is 5.02 Å². The lowest BCUT2D eigenvalue weighted by Gasteiger charge is -1.97. The van der Waals surface area contributed by atoms with Gasteiger partial charge in [0.05, 0.1) is 1.37 Å². The highest BCUT2D eigenvalue weighted by molar-refractivity contribution is 6.35. The summed E-state index contributed by atoms with van der Waals surface area (Å²) in [6, 6.07) is 11.7. The zero-order chi connectivity index (χ0) is 8.55. The number of hydrogen-bond donors (Lipinski definition) is 0. The molecule has 0 N–H and O–H groups in total. The van der Waals surface area contributed by atoms with Gasteiger partial charge in [-0.3, -0.25) is 0 Å². The first-order chi connectivity index (χ1) is 5.79. The maximum absolute atomic E-state index is 7.62. The Labute approximate surface area is 71.8 Å². The number of hydrogen-bond acceptors (Lipinski definition) is 0.